The number of benzene rings is 7. The highest BCUT2D eigenvalue weighted by atomic mass is 35.5. The molecule has 0 aliphatic carbocycles. The standard InChI is InChI=1S/C48H28Cl2N6O6/c1-3-23(21-49)5-7-25-17-35-43(37(19-25)55(59)60)51-45-31-13-9-27-30-12-16-34-42-32(14-10-28(40(30)42)29-11-15-33(41(31)39(27)29)47(57)53(35)45)46-52-44-36(54(46)48(34)58)18-26(20-38(44)56(61)62)8-6-24(4-2)22-50/h9-20,23-24H,3-4,21-22H2,1-2H3. The summed E-state index contributed by atoms with van der Waals surface area (Å²) < 4.78 is 2.88. The summed E-state index contributed by atoms with van der Waals surface area (Å²) in [5, 5.41) is 33.3. The lowest BCUT2D eigenvalue weighted by Gasteiger charge is -2.18. The van der Waals surface area contributed by atoms with Crippen LogP contribution in [-0.2, 0) is 0 Å². The molecule has 300 valence electrons. The molecule has 12 nitrogen and oxygen atoms in total. The number of non-ortho nitro benzene ring substituents is 2. The molecule has 14 heteroatoms. The van der Waals surface area contributed by atoms with Gasteiger partial charge in [0.05, 0.1) is 20.9 Å². The summed E-state index contributed by atoms with van der Waals surface area (Å²) in [7, 11) is 0. The first-order chi connectivity index (χ1) is 30.1. The molecular formula is C48H28Cl2N6O6. The van der Waals surface area contributed by atoms with Crippen molar-refractivity contribution in [2.24, 2.45) is 11.8 Å². The SMILES string of the molecule is CCC(C#Cc1cc([N+](=O)[O-])c2nc3c4ccc5c6ccc7c(=O)n8c9cc(C#CC(CC)CCl)cc([N+](=O)[O-])c9nc8c8ccc(c9ccc(c(=O)n3c2c1)c4c95)c6c78)CCl. The summed E-state index contributed by atoms with van der Waals surface area (Å²) in [6.45, 7) is 3.93. The normalized spacial score (nSPS) is 13.1. The molecule has 0 saturated heterocycles. The average Bonchev–Trinajstić information content (AvgIpc) is 3.87. The van der Waals surface area contributed by atoms with Crippen LogP contribution < -0.4 is 11.1 Å². The number of fused-ring (bicyclic) bond motifs is 10. The number of nitro groups is 2. The number of imidazole rings is 2. The monoisotopic (exact) mass is 854 g/mol. The van der Waals surface area contributed by atoms with E-state index in [4.69, 9.17) is 33.2 Å². The van der Waals surface area contributed by atoms with Crippen LogP contribution >= 0.6 is 23.2 Å². The Balaban J connectivity index is 1.21. The fourth-order valence-electron chi connectivity index (χ4n) is 9.24. The number of hydrogen-bond acceptors (Lipinski definition) is 8. The molecule has 2 atom stereocenters. The predicted octanol–water partition coefficient (Wildman–Crippen LogP) is 10.3. The molecule has 0 radical (unpaired) electrons. The van der Waals surface area contributed by atoms with E-state index in [1.165, 1.54) is 20.9 Å². The van der Waals surface area contributed by atoms with Crippen molar-refractivity contribution in [2.45, 2.75) is 26.7 Å². The highest BCUT2D eigenvalue weighted by Crippen LogP contribution is 2.46. The summed E-state index contributed by atoms with van der Waals surface area (Å²) in [4.78, 5) is 62.6. The average molecular weight is 856 g/mol. The molecule has 0 saturated carbocycles. The van der Waals surface area contributed by atoms with Crippen molar-refractivity contribution in [3.8, 4) is 23.7 Å². The quantitative estimate of drug-likeness (QED) is 0.0400. The first kappa shape index (κ1) is 37.6. The van der Waals surface area contributed by atoms with Gasteiger partial charge in [-0.15, -0.1) is 23.2 Å². The minimum Gasteiger partial charge on any atom is -0.268 e. The van der Waals surface area contributed by atoms with Crippen molar-refractivity contribution in [1.29, 1.82) is 0 Å². The van der Waals surface area contributed by atoms with Gasteiger partial charge in [-0.2, -0.15) is 0 Å². The van der Waals surface area contributed by atoms with E-state index in [1.54, 1.807) is 24.3 Å². The summed E-state index contributed by atoms with van der Waals surface area (Å²) in [5.41, 5.74) is 0.796. The predicted molar refractivity (Wildman–Crippen MR) is 246 cm³/mol. The Labute approximate surface area is 358 Å². The summed E-state index contributed by atoms with van der Waals surface area (Å²) >= 11 is 12.1. The third kappa shape index (κ3) is 5.05. The Hall–Kier alpha value is -7.38. The van der Waals surface area contributed by atoms with E-state index < -0.39 is 9.85 Å². The van der Waals surface area contributed by atoms with E-state index in [9.17, 15) is 29.8 Å². The van der Waals surface area contributed by atoms with Crippen LogP contribution in [0.25, 0.3) is 98.0 Å². The highest BCUT2D eigenvalue weighted by molar-refractivity contribution is 6.40. The number of alkyl halides is 2. The Morgan fingerprint density at radius 3 is 1.24 bits per heavy atom. The number of rotatable bonds is 6. The third-order valence-electron chi connectivity index (χ3n) is 12.3. The third-order valence-corrected chi connectivity index (χ3v) is 13.1. The lowest BCUT2D eigenvalue weighted by molar-refractivity contribution is -0.383. The van der Waals surface area contributed by atoms with Crippen molar-refractivity contribution in [3.63, 3.8) is 0 Å². The van der Waals surface area contributed by atoms with Crippen LogP contribution in [0.5, 0.6) is 0 Å². The van der Waals surface area contributed by atoms with E-state index in [1.807, 2.05) is 50.2 Å². The first-order valence-corrected chi connectivity index (χ1v) is 21.0. The molecule has 0 N–H and O–H groups in total. The fraction of sp³-hybridized carbons (Fsp3) is 0.167. The van der Waals surface area contributed by atoms with E-state index >= 15 is 0 Å². The minimum absolute atomic E-state index is 0.0805. The molecule has 0 bridgehead atoms. The molecule has 0 fully saturated rings. The van der Waals surface area contributed by atoms with Crippen LogP contribution in [-0.4, -0.2) is 40.4 Å². The van der Waals surface area contributed by atoms with E-state index in [0.717, 1.165) is 32.3 Å². The van der Waals surface area contributed by atoms with Gasteiger partial charge >= 0.3 is 0 Å². The van der Waals surface area contributed by atoms with Gasteiger partial charge in [0.25, 0.3) is 22.5 Å². The molecule has 11 rings (SSSR count). The lowest BCUT2D eigenvalue weighted by atomic mass is 9.86. The number of halogens is 2. The van der Waals surface area contributed by atoms with Crippen molar-refractivity contribution >= 4 is 133 Å². The maximum atomic E-state index is 14.6. The molecule has 4 heterocycles. The molecule has 7 aromatic carbocycles. The van der Waals surface area contributed by atoms with Crippen molar-refractivity contribution < 1.29 is 9.85 Å². The van der Waals surface area contributed by atoms with Crippen LogP contribution in [0.4, 0.5) is 11.4 Å². The Morgan fingerprint density at radius 1 is 0.565 bits per heavy atom. The van der Waals surface area contributed by atoms with Crippen molar-refractivity contribution in [1.82, 2.24) is 18.8 Å². The highest BCUT2D eigenvalue weighted by Gasteiger charge is 2.27. The van der Waals surface area contributed by atoms with Crippen molar-refractivity contribution in [2.75, 3.05) is 11.8 Å². The Bertz CT molecular complexity index is 3790. The van der Waals surface area contributed by atoms with Crippen molar-refractivity contribution in [3.05, 3.63) is 125 Å². The van der Waals surface area contributed by atoms with E-state index in [0.29, 0.717) is 68.0 Å². The smallest absolute Gasteiger partial charge is 0.268 e. The topological polar surface area (TPSA) is 155 Å². The molecule has 0 aliphatic rings. The Kier molecular flexibility index (Phi) is 8.23. The number of hydrogen-bond donors (Lipinski definition) is 0. The molecule has 4 aromatic heterocycles. The van der Waals surface area contributed by atoms with Gasteiger partial charge < -0.3 is 0 Å². The van der Waals surface area contributed by atoms with Gasteiger partial charge in [0, 0.05) is 79.2 Å². The van der Waals surface area contributed by atoms with Gasteiger partial charge in [0.1, 0.15) is 11.3 Å². The molecular weight excluding hydrogens is 827 g/mol. The van der Waals surface area contributed by atoms with Gasteiger partial charge in [-0.1, -0.05) is 61.8 Å². The molecule has 0 aliphatic heterocycles. The van der Waals surface area contributed by atoms with Gasteiger partial charge in [-0.3, -0.25) is 38.6 Å². The number of nitrogens with zero attached hydrogens (tertiary/aromatic N) is 6. The molecule has 11 aromatic rings. The summed E-state index contributed by atoms with van der Waals surface area (Å²) in [5.74, 6) is 12.7. The largest absolute Gasteiger partial charge is 0.298 e. The molecule has 2 unspecified atom stereocenters. The van der Waals surface area contributed by atoms with Crippen LogP contribution in [0.2, 0.25) is 0 Å². The molecule has 62 heavy (non-hydrogen) atoms. The lowest BCUT2D eigenvalue weighted by Crippen LogP contribution is -2.14. The maximum Gasteiger partial charge on any atom is 0.298 e. The second-order valence-electron chi connectivity index (χ2n) is 15.6. The van der Waals surface area contributed by atoms with Gasteiger partial charge in [-0.05, 0) is 81.6 Å². The van der Waals surface area contributed by atoms with Crippen LogP contribution in [0.1, 0.15) is 37.8 Å². The fourth-order valence-corrected chi connectivity index (χ4v) is 9.83. The van der Waals surface area contributed by atoms with E-state index in [2.05, 4.69) is 23.7 Å². The second-order valence-corrected chi connectivity index (χ2v) is 16.2. The van der Waals surface area contributed by atoms with Crippen LogP contribution in [0.15, 0.2) is 82.4 Å². The Morgan fingerprint density at radius 2 is 0.903 bits per heavy atom. The number of aromatic nitrogens is 4. The van der Waals surface area contributed by atoms with Gasteiger partial charge in [0.15, 0.2) is 11.0 Å². The zero-order valence-electron chi connectivity index (χ0n) is 32.8. The second kappa shape index (κ2) is 13.6. The molecule has 0 spiro atoms. The summed E-state index contributed by atoms with van der Waals surface area (Å²) in [6.07, 6.45) is 1.43. The number of pyridine rings is 2. The van der Waals surface area contributed by atoms with E-state index in [-0.39, 0.29) is 67.7 Å². The van der Waals surface area contributed by atoms with Gasteiger partial charge in [0.2, 0.25) is 0 Å². The van der Waals surface area contributed by atoms with Gasteiger partial charge in [-0.25, -0.2) is 9.97 Å². The zero-order chi connectivity index (χ0) is 42.9. The van der Waals surface area contributed by atoms with Crippen LogP contribution in [0, 0.1) is 55.7 Å². The summed E-state index contributed by atoms with van der Waals surface area (Å²) in [6, 6.07) is 21.1. The molecule has 0 amide bonds. The first-order valence-electron chi connectivity index (χ1n) is 19.9. The maximum absolute atomic E-state index is 14.6. The number of nitro benzene ring substituents is 2. The minimum atomic E-state index is -0.508. The zero-order valence-corrected chi connectivity index (χ0v) is 34.3. The van der Waals surface area contributed by atoms with Crippen LogP contribution in [0.3, 0.4) is 0 Å².